The molecule has 0 spiro atoms. The summed E-state index contributed by atoms with van der Waals surface area (Å²) in [6.07, 6.45) is 6.73. The van der Waals surface area contributed by atoms with Gasteiger partial charge in [-0.3, -0.25) is 4.79 Å². The van der Waals surface area contributed by atoms with Gasteiger partial charge in [-0.25, -0.2) is 4.98 Å². The smallest absolute Gasteiger partial charge is 0.246 e. The van der Waals surface area contributed by atoms with Crippen LogP contribution in [0.4, 0.5) is 0 Å². The quantitative estimate of drug-likeness (QED) is 0.863. The second-order valence-electron chi connectivity index (χ2n) is 5.02. The van der Waals surface area contributed by atoms with Gasteiger partial charge in [0.25, 0.3) is 0 Å². The van der Waals surface area contributed by atoms with Crippen molar-refractivity contribution in [1.82, 2.24) is 9.88 Å². The first-order valence-corrected chi connectivity index (χ1v) is 7.45. The molecule has 1 fully saturated rings. The van der Waals surface area contributed by atoms with E-state index in [1.807, 2.05) is 24.8 Å². The molecule has 4 nitrogen and oxygen atoms in total. The minimum atomic E-state index is -0.270. The van der Waals surface area contributed by atoms with Crippen molar-refractivity contribution in [1.29, 1.82) is 0 Å². The van der Waals surface area contributed by atoms with Gasteiger partial charge in [-0.05, 0) is 38.7 Å². The van der Waals surface area contributed by atoms with Crippen LogP contribution >= 0.6 is 11.3 Å². The van der Waals surface area contributed by atoms with Crippen molar-refractivity contribution in [2.24, 2.45) is 5.92 Å². The highest BCUT2D eigenvalue weighted by molar-refractivity contribution is 7.12. The van der Waals surface area contributed by atoms with Crippen LogP contribution in [0.5, 0.6) is 0 Å². The summed E-state index contributed by atoms with van der Waals surface area (Å²) in [5.41, 5.74) is 0. The fourth-order valence-corrected chi connectivity index (χ4v) is 3.00. The molecule has 1 aromatic heterocycles. The number of nitrogens with zero attached hydrogens (tertiary/aromatic N) is 2. The number of carbonyl (C=O) groups is 1. The van der Waals surface area contributed by atoms with Crippen molar-refractivity contribution in [3.63, 3.8) is 0 Å². The van der Waals surface area contributed by atoms with E-state index < -0.39 is 0 Å². The van der Waals surface area contributed by atoms with Gasteiger partial charge in [0, 0.05) is 30.2 Å². The number of hydrogen-bond acceptors (Lipinski definition) is 4. The number of aliphatic hydroxyl groups is 1. The molecule has 1 atom stereocenters. The predicted molar refractivity (Wildman–Crippen MR) is 76.9 cm³/mol. The Balaban J connectivity index is 1.86. The zero-order valence-electron chi connectivity index (χ0n) is 11.4. The molecule has 19 heavy (non-hydrogen) atoms. The van der Waals surface area contributed by atoms with Gasteiger partial charge in [0.15, 0.2) is 0 Å². The molecule has 5 heteroatoms. The largest absolute Gasteiger partial charge is 0.393 e. The van der Waals surface area contributed by atoms with E-state index in [4.69, 9.17) is 0 Å². The van der Waals surface area contributed by atoms with Gasteiger partial charge in [-0.2, -0.15) is 0 Å². The van der Waals surface area contributed by atoms with Crippen molar-refractivity contribution in [2.45, 2.75) is 32.8 Å². The van der Waals surface area contributed by atoms with Gasteiger partial charge in [0.05, 0.1) is 11.1 Å². The van der Waals surface area contributed by atoms with E-state index in [1.165, 1.54) is 0 Å². The Hall–Kier alpha value is -1.20. The fourth-order valence-electron chi connectivity index (χ4n) is 2.32. The molecule has 1 unspecified atom stereocenters. The van der Waals surface area contributed by atoms with E-state index in [2.05, 4.69) is 4.98 Å². The van der Waals surface area contributed by atoms with Gasteiger partial charge in [0.1, 0.15) is 0 Å². The summed E-state index contributed by atoms with van der Waals surface area (Å²) >= 11 is 1.58. The lowest BCUT2D eigenvalue weighted by Crippen LogP contribution is -2.39. The summed E-state index contributed by atoms with van der Waals surface area (Å²) in [5, 5.41) is 10.5. The molecular formula is C14H20N2O2S. The van der Waals surface area contributed by atoms with Gasteiger partial charge in [0.2, 0.25) is 5.91 Å². The van der Waals surface area contributed by atoms with E-state index in [9.17, 15) is 9.90 Å². The van der Waals surface area contributed by atoms with Gasteiger partial charge < -0.3 is 10.0 Å². The fraction of sp³-hybridized carbons (Fsp3) is 0.571. The van der Waals surface area contributed by atoms with Crippen LogP contribution in [0.3, 0.4) is 0 Å². The molecule has 2 heterocycles. The Bertz CT molecular complexity index is 460. The maximum atomic E-state index is 12.0. The standard InChI is InChI=1S/C14H20N2O2S/c1-10(17)12-5-7-16(8-6-12)14(18)4-3-13-9-15-11(2)19-13/h3-4,9-10,12,17H,5-8H2,1-2H3. The number of carbonyl (C=O) groups excluding carboxylic acids is 1. The highest BCUT2D eigenvalue weighted by Crippen LogP contribution is 2.21. The molecule has 1 saturated heterocycles. The Morgan fingerprint density at radius 1 is 1.58 bits per heavy atom. The molecule has 1 aliphatic heterocycles. The second kappa shape index (κ2) is 6.30. The minimum Gasteiger partial charge on any atom is -0.393 e. The van der Waals surface area contributed by atoms with E-state index in [0.717, 1.165) is 35.8 Å². The zero-order chi connectivity index (χ0) is 13.8. The number of aromatic nitrogens is 1. The molecule has 1 aromatic rings. The van der Waals surface area contributed by atoms with Gasteiger partial charge >= 0.3 is 0 Å². The summed E-state index contributed by atoms with van der Waals surface area (Å²) < 4.78 is 0. The number of amides is 1. The summed E-state index contributed by atoms with van der Waals surface area (Å²) in [6.45, 7) is 5.25. The number of thiazole rings is 1. The lowest BCUT2D eigenvalue weighted by Gasteiger charge is -2.32. The number of piperidine rings is 1. The van der Waals surface area contributed by atoms with Crippen molar-refractivity contribution in [3.05, 3.63) is 22.2 Å². The average Bonchev–Trinajstić information content (AvgIpc) is 2.82. The lowest BCUT2D eigenvalue weighted by molar-refractivity contribution is -0.127. The number of aliphatic hydroxyl groups excluding tert-OH is 1. The summed E-state index contributed by atoms with van der Waals surface area (Å²) in [6, 6.07) is 0. The Labute approximate surface area is 117 Å². The molecule has 0 saturated carbocycles. The topological polar surface area (TPSA) is 53.4 Å². The van der Waals surface area contributed by atoms with E-state index >= 15 is 0 Å². The van der Waals surface area contributed by atoms with Crippen LogP contribution < -0.4 is 0 Å². The highest BCUT2D eigenvalue weighted by Gasteiger charge is 2.24. The molecule has 1 aliphatic rings. The Kier molecular flexibility index (Phi) is 4.71. The van der Waals surface area contributed by atoms with Crippen LogP contribution in [-0.4, -0.2) is 40.1 Å². The molecular weight excluding hydrogens is 260 g/mol. The van der Waals surface area contributed by atoms with Crippen molar-refractivity contribution >= 4 is 23.3 Å². The SMILES string of the molecule is Cc1ncc(C=CC(=O)N2CCC(C(C)O)CC2)s1. The second-order valence-corrected chi connectivity index (χ2v) is 6.28. The average molecular weight is 280 g/mol. The van der Waals surface area contributed by atoms with Crippen LogP contribution in [0, 0.1) is 12.8 Å². The van der Waals surface area contributed by atoms with Crippen LogP contribution in [0.2, 0.25) is 0 Å². The summed E-state index contributed by atoms with van der Waals surface area (Å²) in [4.78, 5) is 19.0. The van der Waals surface area contributed by atoms with Crippen LogP contribution in [0.25, 0.3) is 6.08 Å². The van der Waals surface area contributed by atoms with E-state index in [0.29, 0.717) is 5.92 Å². The normalized spacial score (nSPS) is 19.0. The first-order chi connectivity index (χ1) is 9.06. The third-order valence-corrected chi connectivity index (χ3v) is 4.44. The van der Waals surface area contributed by atoms with Crippen LogP contribution in [0.1, 0.15) is 29.7 Å². The van der Waals surface area contributed by atoms with Crippen molar-refractivity contribution in [3.8, 4) is 0 Å². The lowest BCUT2D eigenvalue weighted by atomic mass is 9.92. The Morgan fingerprint density at radius 2 is 2.26 bits per heavy atom. The molecule has 0 aliphatic carbocycles. The van der Waals surface area contributed by atoms with E-state index in [1.54, 1.807) is 23.6 Å². The molecule has 0 radical (unpaired) electrons. The van der Waals surface area contributed by atoms with E-state index in [-0.39, 0.29) is 12.0 Å². The Morgan fingerprint density at radius 3 is 2.79 bits per heavy atom. The van der Waals surface area contributed by atoms with Gasteiger partial charge in [-0.15, -0.1) is 11.3 Å². The van der Waals surface area contributed by atoms with Crippen molar-refractivity contribution < 1.29 is 9.90 Å². The minimum absolute atomic E-state index is 0.0510. The molecule has 0 bridgehead atoms. The maximum absolute atomic E-state index is 12.0. The molecule has 0 aromatic carbocycles. The zero-order valence-corrected chi connectivity index (χ0v) is 12.2. The summed E-state index contributed by atoms with van der Waals surface area (Å²) in [5.74, 6) is 0.382. The first-order valence-electron chi connectivity index (χ1n) is 6.63. The first kappa shape index (κ1) is 14.2. The van der Waals surface area contributed by atoms with Crippen LogP contribution in [-0.2, 0) is 4.79 Å². The van der Waals surface area contributed by atoms with Crippen LogP contribution in [0.15, 0.2) is 12.3 Å². The van der Waals surface area contributed by atoms with Crippen molar-refractivity contribution in [2.75, 3.05) is 13.1 Å². The molecule has 1 amide bonds. The number of aryl methyl sites for hydroxylation is 1. The predicted octanol–water partition coefficient (Wildman–Crippen LogP) is 2.08. The number of hydrogen-bond donors (Lipinski definition) is 1. The van der Waals surface area contributed by atoms with Gasteiger partial charge in [-0.1, -0.05) is 0 Å². The molecule has 1 N–H and O–H groups in total. The third kappa shape index (κ3) is 3.88. The molecule has 104 valence electrons. The molecule has 2 rings (SSSR count). The summed E-state index contributed by atoms with van der Waals surface area (Å²) in [7, 11) is 0. The number of rotatable bonds is 3. The maximum Gasteiger partial charge on any atom is 0.246 e. The third-order valence-electron chi connectivity index (χ3n) is 3.56. The monoisotopic (exact) mass is 280 g/mol. The number of likely N-dealkylation sites (tertiary alicyclic amines) is 1. The highest BCUT2D eigenvalue weighted by atomic mass is 32.1.